The van der Waals surface area contributed by atoms with Gasteiger partial charge in [0.25, 0.3) is 15.6 Å². The number of nitrogens with one attached hydrogen (secondary N) is 1. The van der Waals surface area contributed by atoms with Crippen molar-refractivity contribution in [1.82, 2.24) is 4.57 Å². The van der Waals surface area contributed by atoms with Crippen LogP contribution in [0.1, 0.15) is 24.2 Å². The summed E-state index contributed by atoms with van der Waals surface area (Å²) in [5.74, 6) is -0.913. The summed E-state index contributed by atoms with van der Waals surface area (Å²) in [5.41, 5.74) is 15.2. The molecular weight excluding hydrogens is 550 g/mol. The fourth-order valence-corrected chi connectivity index (χ4v) is 4.82. The van der Waals surface area contributed by atoms with Gasteiger partial charge in [0.1, 0.15) is 28.8 Å². The van der Waals surface area contributed by atoms with Crippen molar-refractivity contribution in [3.63, 3.8) is 0 Å². The number of nitrogens with two attached hydrogens (primary N) is 3. The molecule has 0 radical (unpaired) electrons. The largest absolute Gasteiger partial charge is 0.456 e. The van der Waals surface area contributed by atoms with Gasteiger partial charge in [0.05, 0.1) is 9.92 Å². The van der Waals surface area contributed by atoms with E-state index in [0.717, 1.165) is 4.57 Å². The summed E-state index contributed by atoms with van der Waals surface area (Å²) in [6.07, 6.45) is -1.08. The lowest BCUT2D eigenvalue weighted by Gasteiger charge is -2.24. The molecule has 204 valence electrons. The molecule has 0 aliphatic rings. The van der Waals surface area contributed by atoms with Gasteiger partial charge >= 0.3 is 0 Å². The van der Waals surface area contributed by atoms with Crippen LogP contribution >= 0.6 is 11.6 Å². The van der Waals surface area contributed by atoms with Gasteiger partial charge in [0, 0.05) is 5.69 Å². The van der Waals surface area contributed by atoms with E-state index in [2.05, 4.69) is 9.88 Å². The number of hydrogen-bond donors (Lipinski definition) is 4. The first-order valence-electron chi connectivity index (χ1n) is 11.1. The molecule has 0 spiro atoms. The average molecular weight is 574 g/mol. The van der Waals surface area contributed by atoms with Crippen LogP contribution in [-0.2, 0) is 19.7 Å². The van der Waals surface area contributed by atoms with Gasteiger partial charge in [0.2, 0.25) is 11.9 Å². The van der Waals surface area contributed by atoms with Gasteiger partial charge < -0.3 is 26.8 Å². The quantitative estimate of drug-likeness (QED) is 0.158. The second-order valence-corrected chi connectivity index (χ2v) is 10.2. The van der Waals surface area contributed by atoms with Gasteiger partial charge in [-0.2, -0.15) is 5.26 Å². The van der Waals surface area contributed by atoms with Crippen molar-refractivity contribution in [2.75, 3.05) is 4.72 Å². The molecule has 15 heteroatoms. The minimum Gasteiger partial charge on any atom is -0.456 e. The predicted octanol–water partition coefficient (Wildman–Crippen LogP) is 1.89. The molecule has 2 unspecified atom stereocenters. The number of nitrogens with zero attached hydrogens (tertiary/aromatic N) is 3. The number of ether oxygens (including phenoxy) is 1. The highest BCUT2D eigenvalue weighted by Gasteiger charge is 2.30. The van der Waals surface area contributed by atoms with E-state index in [0.29, 0.717) is 5.69 Å². The second kappa shape index (κ2) is 11.8. The molecule has 1 amide bonds. The summed E-state index contributed by atoms with van der Waals surface area (Å²) in [6, 6.07) is 13.2. The molecule has 7 N–H and O–H groups in total. The van der Waals surface area contributed by atoms with E-state index in [1.54, 1.807) is 12.1 Å². The van der Waals surface area contributed by atoms with E-state index in [-0.39, 0.29) is 32.7 Å². The standard InChI is InChI=1S/C24H24ClN7O6S/c1-13-6-11-19(23(34)32(13)21(22(27)33)14(2)38-30-24(28)29)31-39(35,36)16-9-7-15(8-10-16)37-20-5-3-4-18(25)17(20)12-26/h3-11,14,21,31H,1-2H3,(H2,27,33)(H4,28,29,30). The molecule has 0 aliphatic carbocycles. The maximum absolute atomic E-state index is 13.3. The van der Waals surface area contributed by atoms with Gasteiger partial charge in [-0.1, -0.05) is 17.7 Å². The number of anilines is 1. The lowest BCUT2D eigenvalue weighted by Crippen LogP contribution is -2.42. The molecule has 1 heterocycles. The third-order valence-electron chi connectivity index (χ3n) is 5.35. The number of primary amides is 1. The number of halogens is 1. The number of carbonyl (C=O) groups excluding carboxylic acids is 1. The Morgan fingerprint density at radius 2 is 1.79 bits per heavy atom. The predicted molar refractivity (Wildman–Crippen MR) is 144 cm³/mol. The fourth-order valence-electron chi connectivity index (χ4n) is 3.55. The number of nitriles is 1. The first-order chi connectivity index (χ1) is 18.4. The van der Waals surface area contributed by atoms with E-state index < -0.39 is 39.6 Å². The van der Waals surface area contributed by atoms with Crippen LogP contribution in [0.4, 0.5) is 5.69 Å². The fraction of sp³-hybridized carbons (Fsp3) is 0.167. The summed E-state index contributed by atoms with van der Waals surface area (Å²) in [5, 5.41) is 12.9. The van der Waals surface area contributed by atoms with Crippen LogP contribution < -0.4 is 32.2 Å². The highest BCUT2D eigenvalue weighted by atomic mass is 35.5. The zero-order valence-electron chi connectivity index (χ0n) is 20.7. The van der Waals surface area contributed by atoms with E-state index in [4.69, 9.17) is 38.4 Å². The molecule has 1 aromatic heterocycles. The van der Waals surface area contributed by atoms with Crippen LogP contribution in [0.15, 0.2) is 69.4 Å². The van der Waals surface area contributed by atoms with Crippen LogP contribution in [0.25, 0.3) is 0 Å². The molecule has 0 aliphatic heterocycles. The van der Waals surface area contributed by atoms with Crippen molar-refractivity contribution in [3.8, 4) is 17.6 Å². The Morgan fingerprint density at radius 1 is 1.13 bits per heavy atom. The molecule has 3 rings (SSSR count). The monoisotopic (exact) mass is 573 g/mol. The van der Waals surface area contributed by atoms with E-state index in [1.165, 1.54) is 56.3 Å². The molecule has 13 nitrogen and oxygen atoms in total. The van der Waals surface area contributed by atoms with E-state index >= 15 is 0 Å². The Balaban J connectivity index is 1.90. The zero-order valence-corrected chi connectivity index (χ0v) is 22.2. The summed E-state index contributed by atoms with van der Waals surface area (Å²) in [4.78, 5) is 30.4. The van der Waals surface area contributed by atoms with Crippen molar-refractivity contribution < 1.29 is 22.8 Å². The van der Waals surface area contributed by atoms with E-state index in [1.807, 2.05) is 6.07 Å². The first-order valence-corrected chi connectivity index (χ1v) is 13.0. The third-order valence-corrected chi connectivity index (χ3v) is 7.05. The van der Waals surface area contributed by atoms with Crippen molar-refractivity contribution >= 4 is 39.2 Å². The lowest BCUT2D eigenvalue weighted by molar-refractivity contribution is -0.125. The normalized spacial score (nSPS) is 12.5. The lowest BCUT2D eigenvalue weighted by atomic mass is 10.1. The molecule has 0 saturated heterocycles. The maximum Gasteiger partial charge on any atom is 0.275 e. The number of sulfonamides is 1. The summed E-state index contributed by atoms with van der Waals surface area (Å²) in [7, 11) is -4.26. The second-order valence-electron chi connectivity index (χ2n) is 8.14. The minimum atomic E-state index is -4.26. The molecule has 0 bridgehead atoms. The number of oxime groups is 1. The first kappa shape index (κ1) is 28.8. The number of rotatable bonds is 10. The molecule has 39 heavy (non-hydrogen) atoms. The van der Waals surface area contributed by atoms with Crippen LogP contribution in [-0.4, -0.2) is 31.0 Å². The van der Waals surface area contributed by atoms with Gasteiger partial charge in [-0.25, -0.2) is 8.42 Å². The molecular formula is C24H24ClN7O6S. The molecule has 3 aromatic rings. The van der Waals surface area contributed by atoms with E-state index in [9.17, 15) is 23.3 Å². The number of aromatic nitrogens is 1. The Morgan fingerprint density at radius 3 is 2.38 bits per heavy atom. The summed E-state index contributed by atoms with van der Waals surface area (Å²) < 4.78 is 35.0. The van der Waals surface area contributed by atoms with Crippen molar-refractivity contribution in [3.05, 3.63) is 81.2 Å². The van der Waals surface area contributed by atoms with Crippen LogP contribution in [0.3, 0.4) is 0 Å². The number of hydrogen-bond acceptors (Lipinski definition) is 8. The summed E-state index contributed by atoms with van der Waals surface area (Å²) >= 11 is 6.01. The summed E-state index contributed by atoms with van der Waals surface area (Å²) in [6.45, 7) is 2.94. The van der Waals surface area contributed by atoms with Gasteiger partial charge in [-0.05, 0) is 67.5 Å². The maximum atomic E-state index is 13.3. The van der Waals surface area contributed by atoms with Crippen molar-refractivity contribution in [1.29, 1.82) is 5.26 Å². The number of benzene rings is 2. The Bertz CT molecular complexity index is 1630. The van der Waals surface area contributed by atoms with Crippen molar-refractivity contribution in [2.24, 2.45) is 22.4 Å². The topological polar surface area (TPSA) is 218 Å². The van der Waals surface area contributed by atoms with Crippen LogP contribution in [0.5, 0.6) is 11.5 Å². The van der Waals surface area contributed by atoms with Crippen LogP contribution in [0.2, 0.25) is 5.02 Å². The number of guanidine groups is 1. The number of amides is 1. The van der Waals surface area contributed by atoms with Gasteiger partial charge in [-0.3, -0.25) is 18.9 Å². The highest BCUT2D eigenvalue weighted by Crippen LogP contribution is 2.30. The molecule has 0 fully saturated rings. The Labute approximate surface area is 228 Å². The Kier molecular flexibility index (Phi) is 8.69. The number of pyridine rings is 1. The zero-order chi connectivity index (χ0) is 28.9. The highest BCUT2D eigenvalue weighted by molar-refractivity contribution is 7.92. The van der Waals surface area contributed by atoms with Gasteiger partial charge in [0.15, 0.2) is 12.1 Å². The number of carbonyl (C=O) groups is 1. The van der Waals surface area contributed by atoms with Crippen LogP contribution in [0, 0.1) is 18.3 Å². The van der Waals surface area contributed by atoms with Gasteiger partial charge in [-0.15, -0.1) is 0 Å². The number of aryl methyl sites for hydroxylation is 1. The third kappa shape index (κ3) is 6.58. The smallest absolute Gasteiger partial charge is 0.275 e. The minimum absolute atomic E-state index is 0.125. The molecule has 0 saturated carbocycles. The average Bonchev–Trinajstić information content (AvgIpc) is 2.87. The molecule has 2 atom stereocenters. The van der Waals surface area contributed by atoms with Crippen molar-refractivity contribution in [2.45, 2.75) is 30.9 Å². The Hall–Kier alpha value is -4.74. The SMILES string of the molecule is Cc1ccc(NS(=O)(=O)c2ccc(Oc3cccc(Cl)c3C#N)cc2)c(=O)n1C(C(N)=O)C(C)ON=C(N)N. The molecule has 2 aromatic carbocycles.